The van der Waals surface area contributed by atoms with Crippen LogP contribution in [0, 0.1) is 11.8 Å². The van der Waals surface area contributed by atoms with Gasteiger partial charge in [0.1, 0.15) is 28.7 Å². The van der Waals surface area contributed by atoms with Crippen LogP contribution < -0.4 is 10.6 Å². The number of allylic oxidation sites excluding steroid dienone is 1. The lowest BCUT2D eigenvalue weighted by atomic mass is 9.63. The van der Waals surface area contributed by atoms with Crippen LogP contribution in [0.5, 0.6) is 0 Å². The molecule has 6 aliphatic rings. The fourth-order valence-electron chi connectivity index (χ4n) is 9.57. The zero-order valence-electron chi connectivity index (χ0n) is 35.2. The number of rotatable bonds is 11. The smallest absolute Gasteiger partial charge is 0.407 e. The third-order valence-corrected chi connectivity index (χ3v) is 15.2. The summed E-state index contributed by atoms with van der Waals surface area (Å²) in [7, 11) is 2.61. The van der Waals surface area contributed by atoms with Crippen molar-refractivity contribution in [3.8, 4) is 22.4 Å². The SMILES string of the molecule is COC(=O)N[C@H](C(=O)N1CCS[C@H]1C1=NC=C(c2ccc(-c3ccc(-c4cnc([C@@H]5SCCN5C(=O)[C@@H](NC(=O)OC)C(C)C)[nH]4)cc3)c3c2C2CCC3CC2)C1)C(C)C. The summed E-state index contributed by atoms with van der Waals surface area (Å²) in [5, 5.41) is 5.01. The lowest BCUT2D eigenvalue weighted by molar-refractivity contribution is -0.135. The lowest BCUT2D eigenvalue weighted by Crippen LogP contribution is -2.53. The Bertz CT molecular complexity index is 2190. The Kier molecular flexibility index (Phi) is 12.4. The van der Waals surface area contributed by atoms with E-state index in [1.54, 1.807) is 28.4 Å². The first-order valence-electron chi connectivity index (χ1n) is 21.1. The monoisotopic (exact) mass is 853 g/mol. The van der Waals surface area contributed by atoms with Gasteiger partial charge in [-0.3, -0.25) is 14.6 Å². The largest absolute Gasteiger partial charge is 0.453 e. The molecular weight excluding hydrogens is 799 g/mol. The topological polar surface area (TPSA) is 158 Å². The van der Waals surface area contributed by atoms with Crippen LogP contribution in [0.4, 0.5) is 9.59 Å². The van der Waals surface area contributed by atoms with Crippen molar-refractivity contribution in [2.75, 3.05) is 38.8 Å². The number of aliphatic imine (C=N–C) groups is 1. The average Bonchev–Trinajstić information content (AvgIpc) is 4.11. The summed E-state index contributed by atoms with van der Waals surface area (Å²) < 4.78 is 9.61. The molecule has 4 atom stereocenters. The first-order chi connectivity index (χ1) is 29.0. The van der Waals surface area contributed by atoms with Gasteiger partial charge in [-0.25, -0.2) is 14.6 Å². The van der Waals surface area contributed by atoms with E-state index in [2.05, 4.69) is 52.0 Å². The van der Waals surface area contributed by atoms with E-state index < -0.39 is 24.3 Å². The number of aromatic nitrogens is 2. The molecule has 2 saturated heterocycles. The summed E-state index contributed by atoms with van der Waals surface area (Å²) in [4.78, 5) is 68.5. The maximum atomic E-state index is 13.8. The first-order valence-corrected chi connectivity index (χ1v) is 23.2. The number of nitrogens with one attached hydrogen (secondary N) is 3. The highest BCUT2D eigenvalue weighted by atomic mass is 32.2. The predicted molar refractivity (Wildman–Crippen MR) is 237 cm³/mol. The summed E-state index contributed by atoms with van der Waals surface area (Å²) in [6.45, 7) is 8.86. The van der Waals surface area contributed by atoms with E-state index in [9.17, 15) is 19.2 Å². The fraction of sp³-hybridized carbons (Fsp3) is 0.511. The van der Waals surface area contributed by atoms with Gasteiger partial charge in [-0.2, -0.15) is 0 Å². The minimum absolute atomic E-state index is 0.0919. The highest BCUT2D eigenvalue weighted by Gasteiger charge is 2.42. The van der Waals surface area contributed by atoms with Crippen LogP contribution in [-0.2, 0) is 19.1 Å². The molecule has 4 heterocycles. The van der Waals surface area contributed by atoms with Crippen molar-refractivity contribution in [1.29, 1.82) is 0 Å². The minimum Gasteiger partial charge on any atom is -0.453 e. The van der Waals surface area contributed by atoms with Crippen LogP contribution in [0.1, 0.15) is 99.5 Å². The minimum atomic E-state index is -0.697. The van der Waals surface area contributed by atoms with Gasteiger partial charge in [-0.05, 0) is 88.3 Å². The standard InChI is InChI=1S/C45H55N7O6S2/c1-24(2)37(49-44(55)57-5)40(53)51-17-19-59-42(51)33-21-30(22-46-33)32-16-15-31(35-28-11-13-29(14-12-28)36(32)35)26-7-9-27(10-8-26)34-23-47-39(48-34)43-52(18-20-60-43)41(54)38(25(3)4)50-45(56)58-6/h7-10,15-16,22-25,28-29,37-38,42-43H,11-14,17-21H2,1-6H3,(H,47,48)(H,49,55)(H,50,56)/t28?,29?,37-,38-,42-,43-/m0/s1. The maximum absolute atomic E-state index is 13.8. The van der Waals surface area contributed by atoms with E-state index in [0.717, 1.165) is 28.5 Å². The van der Waals surface area contributed by atoms with Gasteiger partial charge >= 0.3 is 12.2 Å². The molecule has 0 unspecified atom stereocenters. The predicted octanol–water partition coefficient (Wildman–Crippen LogP) is 7.92. The van der Waals surface area contributed by atoms with Crippen molar-refractivity contribution >= 4 is 58.8 Å². The van der Waals surface area contributed by atoms with Crippen LogP contribution in [-0.4, -0.2) is 106 Å². The molecule has 9 rings (SSSR count). The lowest BCUT2D eigenvalue weighted by Gasteiger charge is -2.41. The molecule has 4 amide bonds. The van der Waals surface area contributed by atoms with Crippen molar-refractivity contribution < 1.29 is 28.7 Å². The van der Waals surface area contributed by atoms with Gasteiger partial charge in [-0.1, -0.05) is 64.1 Å². The number of methoxy groups -OCH3 is 2. The molecule has 3 aromatic rings. The summed E-state index contributed by atoms with van der Waals surface area (Å²) in [5.41, 5.74) is 10.8. The molecule has 15 heteroatoms. The van der Waals surface area contributed by atoms with Crippen LogP contribution in [0.15, 0.2) is 53.8 Å². The molecular formula is C45H55N7O6S2. The van der Waals surface area contributed by atoms with Crippen molar-refractivity contribution in [2.24, 2.45) is 16.8 Å². The second kappa shape index (κ2) is 17.7. The molecule has 0 radical (unpaired) electrons. The van der Waals surface area contributed by atoms with Crippen molar-refractivity contribution in [3.05, 3.63) is 71.3 Å². The number of alkyl carbamates (subject to hydrolysis) is 2. The Morgan fingerprint density at radius 3 is 1.82 bits per heavy atom. The van der Waals surface area contributed by atoms with E-state index in [4.69, 9.17) is 19.5 Å². The Labute approximate surface area is 360 Å². The van der Waals surface area contributed by atoms with Gasteiger partial charge in [0.2, 0.25) is 11.8 Å². The molecule has 60 heavy (non-hydrogen) atoms. The number of amides is 4. The Morgan fingerprint density at radius 1 is 0.733 bits per heavy atom. The molecule has 0 spiro atoms. The van der Waals surface area contributed by atoms with Gasteiger partial charge in [0.25, 0.3) is 0 Å². The van der Waals surface area contributed by atoms with Gasteiger partial charge in [0.15, 0.2) is 0 Å². The number of carbonyl (C=O) groups excluding carboxylic acids is 4. The highest BCUT2D eigenvalue weighted by molar-refractivity contribution is 8.00. The second-order valence-corrected chi connectivity index (χ2v) is 19.3. The van der Waals surface area contributed by atoms with Gasteiger partial charge in [0.05, 0.1) is 31.8 Å². The van der Waals surface area contributed by atoms with Gasteiger partial charge in [0, 0.05) is 37.2 Å². The second-order valence-electron chi connectivity index (χ2n) is 17.0. The van der Waals surface area contributed by atoms with Crippen LogP contribution in [0.2, 0.25) is 0 Å². The van der Waals surface area contributed by atoms with E-state index in [-0.39, 0.29) is 34.4 Å². The number of thioether (sulfide) groups is 2. The molecule has 3 aliphatic carbocycles. The summed E-state index contributed by atoms with van der Waals surface area (Å²) >= 11 is 3.40. The van der Waals surface area contributed by atoms with Gasteiger partial charge in [-0.15, -0.1) is 23.5 Å². The average molecular weight is 854 g/mol. The third-order valence-electron chi connectivity index (χ3n) is 12.7. The molecule has 3 fully saturated rings. The molecule has 1 aromatic heterocycles. The number of hydrogen-bond donors (Lipinski definition) is 3. The summed E-state index contributed by atoms with van der Waals surface area (Å²) in [6, 6.07) is 11.9. The number of ether oxygens (including phenoxy) is 2. The molecule has 1 saturated carbocycles. The number of imidazole rings is 1. The maximum Gasteiger partial charge on any atom is 0.407 e. The fourth-order valence-corrected chi connectivity index (χ4v) is 12.0. The Hall–Kier alpha value is -4.76. The number of aromatic amines is 1. The summed E-state index contributed by atoms with van der Waals surface area (Å²) in [6.07, 6.45) is 8.12. The van der Waals surface area contributed by atoms with Crippen molar-refractivity contribution in [2.45, 2.75) is 94.5 Å². The van der Waals surface area contributed by atoms with Crippen LogP contribution in [0.25, 0.3) is 28.0 Å². The van der Waals surface area contributed by atoms with E-state index in [0.29, 0.717) is 37.2 Å². The Morgan fingerprint density at radius 2 is 1.25 bits per heavy atom. The van der Waals surface area contributed by atoms with E-state index >= 15 is 0 Å². The van der Waals surface area contributed by atoms with E-state index in [1.165, 1.54) is 73.3 Å². The molecule has 3 aliphatic heterocycles. The Balaban J connectivity index is 0.997. The zero-order valence-corrected chi connectivity index (χ0v) is 36.8. The number of nitrogens with zero attached hydrogens (tertiary/aromatic N) is 4. The third kappa shape index (κ3) is 8.06. The highest BCUT2D eigenvalue weighted by Crippen LogP contribution is 2.55. The summed E-state index contributed by atoms with van der Waals surface area (Å²) in [5.74, 6) is 2.87. The number of H-pyrrole nitrogens is 1. The van der Waals surface area contributed by atoms with Gasteiger partial charge < -0.3 is 34.9 Å². The first kappa shape index (κ1) is 42.0. The van der Waals surface area contributed by atoms with Crippen LogP contribution >= 0.6 is 23.5 Å². The molecule has 2 bridgehead atoms. The van der Waals surface area contributed by atoms with Crippen molar-refractivity contribution in [1.82, 2.24) is 30.4 Å². The number of fused-ring (bicyclic) bond motifs is 2. The molecule has 2 aromatic carbocycles. The number of carbonyl (C=O) groups is 4. The van der Waals surface area contributed by atoms with Crippen molar-refractivity contribution in [3.63, 3.8) is 0 Å². The number of hydrogen-bond acceptors (Lipinski definition) is 10. The van der Waals surface area contributed by atoms with E-state index in [1.807, 2.05) is 45.0 Å². The zero-order chi connectivity index (χ0) is 42.2. The van der Waals surface area contributed by atoms with Crippen LogP contribution in [0.3, 0.4) is 0 Å². The number of benzene rings is 2. The molecule has 318 valence electrons. The quantitative estimate of drug-likeness (QED) is 0.174. The molecule has 3 N–H and O–H groups in total. The molecule has 13 nitrogen and oxygen atoms in total. The normalized spacial score (nSPS) is 23.0.